The second kappa shape index (κ2) is 8.48. The zero-order valence-electron chi connectivity index (χ0n) is 17.8. The van der Waals surface area contributed by atoms with E-state index in [0.717, 1.165) is 11.8 Å². The van der Waals surface area contributed by atoms with E-state index in [-0.39, 0.29) is 42.8 Å². The van der Waals surface area contributed by atoms with Gasteiger partial charge in [-0.2, -0.15) is 4.31 Å². The van der Waals surface area contributed by atoms with E-state index >= 15 is 0 Å². The minimum atomic E-state index is -3.98. The topological polar surface area (TPSA) is 62.6 Å². The minimum Gasteiger partial charge on any atom is -0.336 e. The molecular formula is C23H23F2N3O3S. The molecule has 32 heavy (non-hydrogen) atoms. The van der Waals surface area contributed by atoms with Crippen LogP contribution in [-0.2, 0) is 10.0 Å². The van der Waals surface area contributed by atoms with Crippen molar-refractivity contribution in [1.29, 1.82) is 0 Å². The summed E-state index contributed by atoms with van der Waals surface area (Å²) in [4.78, 5) is 14.4. The number of piperazine rings is 1. The molecule has 6 nitrogen and oxygen atoms in total. The number of para-hydroxylation sites is 1. The predicted octanol–water partition coefficient (Wildman–Crippen LogP) is 3.52. The number of amides is 1. The molecule has 0 atom stereocenters. The number of hydrogen-bond acceptors (Lipinski definition) is 3. The van der Waals surface area contributed by atoms with Gasteiger partial charge in [-0.15, -0.1) is 0 Å². The average Bonchev–Trinajstić information content (AvgIpc) is 3.07. The van der Waals surface area contributed by atoms with Gasteiger partial charge >= 0.3 is 0 Å². The van der Waals surface area contributed by atoms with E-state index in [9.17, 15) is 22.0 Å². The smallest absolute Gasteiger partial charge is 0.255 e. The molecule has 1 fully saturated rings. The highest BCUT2D eigenvalue weighted by molar-refractivity contribution is 7.89. The number of hydrogen-bond donors (Lipinski definition) is 0. The normalized spacial score (nSPS) is 15.2. The van der Waals surface area contributed by atoms with Crippen molar-refractivity contribution in [3.05, 3.63) is 83.2 Å². The van der Waals surface area contributed by atoms with Crippen LogP contribution in [0.5, 0.6) is 0 Å². The fourth-order valence-electron chi connectivity index (χ4n) is 4.08. The van der Waals surface area contributed by atoms with Gasteiger partial charge in [0.1, 0.15) is 16.5 Å². The van der Waals surface area contributed by atoms with E-state index in [2.05, 4.69) is 0 Å². The van der Waals surface area contributed by atoms with Crippen LogP contribution in [0.4, 0.5) is 8.78 Å². The molecule has 9 heteroatoms. The maximum Gasteiger partial charge on any atom is 0.255 e. The van der Waals surface area contributed by atoms with Gasteiger partial charge in [0.05, 0.1) is 11.3 Å². The van der Waals surface area contributed by atoms with Crippen LogP contribution in [0.25, 0.3) is 5.69 Å². The Morgan fingerprint density at radius 1 is 0.875 bits per heavy atom. The number of aromatic nitrogens is 1. The number of carbonyl (C=O) groups is 1. The maximum absolute atomic E-state index is 14.3. The fourth-order valence-corrected chi connectivity index (χ4v) is 5.57. The standard InChI is InChI=1S/C23H23F2N3O3S/c1-16-15-18(17(2)28(16)21-9-5-3-7-19(21)24)23(29)26-11-13-27(14-12-26)32(30,31)22-10-6-4-8-20(22)25/h3-10,15H,11-14H2,1-2H3. The number of benzene rings is 2. The molecule has 1 aliphatic heterocycles. The summed E-state index contributed by atoms with van der Waals surface area (Å²) in [5, 5.41) is 0. The molecule has 0 unspecified atom stereocenters. The molecule has 3 aromatic rings. The lowest BCUT2D eigenvalue weighted by molar-refractivity contribution is 0.0697. The van der Waals surface area contributed by atoms with E-state index < -0.39 is 15.8 Å². The first-order valence-electron chi connectivity index (χ1n) is 10.2. The number of carbonyl (C=O) groups excluding carboxylic acids is 1. The summed E-state index contributed by atoms with van der Waals surface area (Å²) in [6, 6.07) is 13.3. The van der Waals surface area contributed by atoms with Crippen molar-refractivity contribution in [3.63, 3.8) is 0 Å². The van der Waals surface area contributed by atoms with Crippen LogP contribution in [0, 0.1) is 25.5 Å². The third-order valence-electron chi connectivity index (χ3n) is 5.74. The zero-order valence-corrected chi connectivity index (χ0v) is 18.6. The van der Waals surface area contributed by atoms with E-state index in [4.69, 9.17) is 0 Å². The van der Waals surface area contributed by atoms with Gasteiger partial charge in [-0.3, -0.25) is 4.79 Å². The van der Waals surface area contributed by atoms with Crippen LogP contribution < -0.4 is 0 Å². The minimum absolute atomic E-state index is 0.0639. The SMILES string of the molecule is Cc1cc(C(=O)N2CCN(S(=O)(=O)c3ccccc3F)CC2)c(C)n1-c1ccccc1F. The first kappa shape index (κ1) is 22.2. The Morgan fingerprint density at radius 2 is 1.47 bits per heavy atom. The molecule has 0 radical (unpaired) electrons. The van der Waals surface area contributed by atoms with Crippen molar-refractivity contribution in [2.24, 2.45) is 0 Å². The van der Waals surface area contributed by atoms with Gasteiger partial charge in [-0.25, -0.2) is 17.2 Å². The zero-order chi connectivity index (χ0) is 23.0. The van der Waals surface area contributed by atoms with Gasteiger partial charge in [0.2, 0.25) is 10.0 Å². The molecule has 1 amide bonds. The Kier molecular flexibility index (Phi) is 5.87. The summed E-state index contributed by atoms with van der Waals surface area (Å²) in [6.45, 7) is 4.04. The second-order valence-electron chi connectivity index (χ2n) is 7.70. The molecule has 2 heterocycles. The van der Waals surface area contributed by atoms with E-state index in [0.29, 0.717) is 16.9 Å². The average molecular weight is 460 g/mol. The number of aryl methyl sites for hydroxylation is 1. The highest BCUT2D eigenvalue weighted by atomic mass is 32.2. The Morgan fingerprint density at radius 3 is 2.09 bits per heavy atom. The van der Waals surface area contributed by atoms with Gasteiger partial charge in [-0.05, 0) is 44.2 Å². The van der Waals surface area contributed by atoms with Crippen LogP contribution in [-0.4, -0.2) is 54.3 Å². The molecule has 0 bridgehead atoms. The van der Waals surface area contributed by atoms with Crippen molar-refractivity contribution in [2.75, 3.05) is 26.2 Å². The first-order chi connectivity index (χ1) is 15.2. The first-order valence-corrected chi connectivity index (χ1v) is 11.6. The number of sulfonamides is 1. The number of rotatable bonds is 4. The van der Waals surface area contributed by atoms with Gasteiger partial charge in [0.15, 0.2) is 0 Å². The fraction of sp³-hybridized carbons (Fsp3) is 0.261. The van der Waals surface area contributed by atoms with Crippen molar-refractivity contribution < 1.29 is 22.0 Å². The monoisotopic (exact) mass is 459 g/mol. The molecule has 0 N–H and O–H groups in total. The molecule has 168 valence electrons. The third-order valence-corrected chi connectivity index (χ3v) is 7.67. The molecule has 1 aromatic heterocycles. The summed E-state index contributed by atoms with van der Waals surface area (Å²) in [6.07, 6.45) is 0. The van der Waals surface area contributed by atoms with Crippen LogP contribution in [0.15, 0.2) is 59.5 Å². The molecule has 1 aliphatic rings. The Bertz CT molecular complexity index is 1280. The Balaban J connectivity index is 1.53. The van der Waals surface area contributed by atoms with Gasteiger partial charge in [0, 0.05) is 37.6 Å². The second-order valence-corrected chi connectivity index (χ2v) is 9.60. The van der Waals surface area contributed by atoms with Crippen molar-refractivity contribution >= 4 is 15.9 Å². The molecular weight excluding hydrogens is 436 g/mol. The highest BCUT2D eigenvalue weighted by Crippen LogP contribution is 2.25. The van der Waals surface area contributed by atoms with Gasteiger partial charge < -0.3 is 9.47 Å². The Hall–Kier alpha value is -3.04. The van der Waals surface area contributed by atoms with E-state index in [1.165, 1.54) is 28.6 Å². The quantitative estimate of drug-likeness (QED) is 0.600. The molecule has 0 saturated carbocycles. The van der Waals surface area contributed by atoms with E-state index in [1.807, 2.05) is 0 Å². The lowest BCUT2D eigenvalue weighted by Crippen LogP contribution is -2.50. The predicted molar refractivity (Wildman–Crippen MR) is 116 cm³/mol. The maximum atomic E-state index is 14.3. The molecule has 1 saturated heterocycles. The Labute approximate surface area is 185 Å². The molecule has 2 aromatic carbocycles. The molecule has 0 spiro atoms. The lowest BCUT2D eigenvalue weighted by Gasteiger charge is -2.34. The third kappa shape index (κ3) is 3.82. The van der Waals surface area contributed by atoms with Crippen LogP contribution in [0.2, 0.25) is 0 Å². The van der Waals surface area contributed by atoms with E-state index in [1.54, 1.807) is 47.6 Å². The molecule has 0 aliphatic carbocycles. The van der Waals surface area contributed by atoms with Crippen LogP contribution in [0.1, 0.15) is 21.7 Å². The summed E-state index contributed by atoms with van der Waals surface area (Å²) in [7, 11) is -3.98. The number of halogens is 2. The van der Waals surface area contributed by atoms with Crippen molar-refractivity contribution in [2.45, 2.75) is 18.7 Å². The summed E-state index contributed by atoms with van der Waals surface area (Å²) >= 11 is 0. The summed E-state index contributed by atoms with van der Waals surface area (Å²) in [5.74, 6) is -1.43. The van der Waals surface area contributed by atoms with Crippen molar-refractivity contribution in [3.8, 4) is 5.69 Å². The van der Waals surface area contributed by atoms with Crippen LogP contribution in [0.3, 0.4) is 0 Å². The van der Waals surface area contributed by atoms with Crippen molar-refractivity contribution in [1.82, 2.24) is 13.8 Å². The molecule has 4 rings (SSSR count). The lowest BCUT2D eigenvalue weighted by atomic mass is 10.2. The highest BCUT2D eigenvalue weighted by Gasteiger charge is 2.33. The summed E-state index contributed by atoms with van der Waals surface area (Å²) < 4.78 is 56.8. The van der Waals surface area contributed by atoms with Crippen LogP contribution >= 0.6 is 0 Å². The van der Waals surface area contributed by atoms with Gasteiger partial charge in [-0.1, -0.05) is 24.3 Å². The largest absolute Gasteiger partial charge is 0.336 e. The number of nitrogens with zero attached hydrogens (tertiary/aromatic N) is 3. The summed E-state index contributed by atoms with van der Waals surface area (Å²) in [5.41, 5.74) is 2.13. The van der Waals surface area contributed by atoms with Gasteiger partial charge in [0.25, 0.3) is 5.91 Å².